The Kier molecular flexibility index (Phi) is 7.15. The second-order valence-electron chi connectivity index (χ2n) is 12.5. The van der Waals surface area contributed by atoms with Crippen LogP contribution in [0.1, 0.15) is 58.2 Å². The van der Waals surface area contributed by atoms with Gasteiger partial charge in [-0.1, -0.05) is 37.6 Å². The molecule has 4 aromatic rings. The number of pyridine rings is 2. The van der Waals surface area contributed by atoms with Crippen LogP contribution in [0.15, 0.2) is 47.4 Å². The van der Waals surface area contributed by atoms with Gasteiger partial charge in [0.1, 0.15) is 17.2 Å². The van der Waals surface area contributed by atoms with Crippen molar-refractivity contribution in [3.05, 3.63) is 75.2 Å². The van der Waals surface area contributed by atoms with Crippen LogP contribution in [0.25, 0.3) is 28.0 Å². The van der Waals surface area contributed by atoms with Crippen molar-refractivity contribution < 1.29 is 13.9 Å². The fraction of sp³-hybridized carbons (Fsp3) is 0.406. The number of piperazine rings is 1. The van der Waals surface area contributed by atoms with Gasteiger partial charge in [0.25, 0.3) is 0 Å². The fourth-order valence-corrected chi connectivity index (χ4v) is 6.10. The van der Waals surface area contributed by atoms with E-state index in [1.807, 2.05) is 47.6 Å². The van der Waals surface area contributed by atoms with E-state index >= 15 is 0 Å². The number of nitrogens with zero attached hydrogens (tertiary/aromatic N) is 6. The summed E-state index contributed by atoms with van der Waals surface area (Å²) in [6.07, 6.45) is 2.09. The molecule has 2 atom stereocenters. The Hall–Kier alpha value is -4.05. The maximum atomic E-state index is 15.0. The van der Waals surface area contributed by atoms with Gasteiger partial charge in [0.2, 0.25) is 0 Å². The number of hydrogen-bond acceptors (Lipinski definition) is 7. The quantitative estimate of drug-likeness (QED) is 0.271. The lowest BCUT2D eigenvalue weighted by molar-refractivity contribution is 0.0218. The molecule has 224 valence electrons. The summed E-state index contributed by atoms with van der Waals surface area (Å²) in [5.74, 6) is -0.0309. The van der Waals surface area contributed by atoms with Crippen LogP contribution in [0, 0.1) is 12.7 Å². The molecular weight excluding hydrogens is 571 g/mol. The molecule has 9 nitrogen and oxygen atoms in total. The number of halogens is 2. The number of aromatic nitrogens is 4. The van der Waals surface area contributed by atoms with E-state index in [9.17, 15) is 14.0 Å². The zero-order chi connectivity index (χ0) is 30.8. The maximum absolute atomic E-state index is 15.0. The summed E-state index contributed by atoms with van der Waals surface area (Å²) in [6.45, 7) is 12.3. The van der Waals surface area contributed by atoms with Crippen molar-refractivity contribution in [2.24, 2.45) is 0 Å². The summed E-state index contributed by atoms with van der Waals surface area (Å²) >= 11 is 6.80. The van der Waals surface area contributed by atoms with Gasteiger partial charge in [-0.3, -0.25) is 4.98 Å². The zero-order valence-corrected chi connectivity index (χ0v) is 25.8. The van der Waals surface area contributed by atoms with Gasteiger partial charge in [0, 0.05) is 24.8 Å². The minimum Gasteiger partial charge on any atom is -0.444 e. The third-order valence-corrected chi connectivity index (χ3v) is 8.15. The van der Waals surface area contributed by atoms with Gasteiger partial charge >= 0.3 is 11.8 Å². The van der Waals surface area contributed by atoms with E-state index in [0.29, 0.717) is 35.6 Å². The molecule has 3 aromatic heterocycles. The van der Waals surface area contributed by atoms with Gasteiger partial charge in [-0.15, -0.1) is 0 Å². The van der Waals surface area contributed by atoms with Gasteiger partial charge < -0.3 is 14.5 Å². The Morgan fingerprint density at radius 1 is 1.12 bits per heavy atom. The van der Waals surface area contributed by atoms with Crippen molar-refractivity contribution in [1.29, 1.82) is 0 Å². The van der Waals surface area contributed by atoms with E-state index in [1.165, 1.54) is 10.6 Å². The highest BCUT2D eigenvalue weighted by Crippen LogP contribution is 2.42. The molecule has 0 spiro atoms. The average Bonchev–Trinajstić information content (AvgIpc) is 3.73. The molecule has 1 saturated heterocycles. The molecule has 1 aromatic carbocycles. The summed E-state index contributed by atoms with van der Waals surface area (Å²) in [7, 11) is 0. The van der Waals surface area contributed by atoms with Crippen molar-refractivity contribution >= 4 is 34.5 Å². The van der Waals surface area contributed by atoms with Crippen LogP contribution in [-0.4, -0.2) is 61.3 Å². The number of carbonyl (C=O) groups excluding carboxylic acids is 1. The Bertz CT molecular complexity index is 1820. The molecule has 6 rings (SSSR count). The van der Waals surface area contributed by atoms with Gasteiger partial charge in [-0.2, -0.15) is 4.98 Å². The average molecular weight is 605 g/mol. The SMILES string of the molecule is Cc1ccnc(C(C)C)c1-n1c(=O)nc(N2CCN(C(=O)OC(C)(C)C)C3CC32)c2cc(Cl)c(-c3ccccc3F)nc21. The highest BCUT2D eigenvalue weighted by atomic mass is 35.5. The van der Waals surface area contributed by atoms with Gasteiger partial charge in [-0.05, 0) is 69.9 Å². The molecule has 11 heteroatoms. The van der Waals surface area contributed by atoms with E-state index in [2.05, 4.69) is 14.9 Å². The summed E-state index contributed by atoms with van der Waals surface area (Å²) in [6, 6.07) is 9.73. The molecule has 0 bridgehead atoms. The van der Waals surface area contributed by atoms with Crippen LogP contribution in [0.4, 0.5) is 15.0 Å². The number of benzene rings is 1. The first kappa shape index (κ1) is 29.0. The van der Waals surface area contributed by atoms with Crippen molar-refractivity contribution in [3.63, 3.8) is 0 Å². The first-order valence-electron chi connectivity index (χ1n) is 14.5. The normalized spacial score (nSPS) is 18.3. The van der Waals surface area contributed by atoms with E-state index in [-0.39, 0.29) is 40.4 Å². The summed E-state index contributed by atoms with van der Waals surface area (Å²) in [4.78, 5) is 44.8. The van der Waals surface area contributed by atoms with Crippen molar-refractivity contribution in [2.45, 2.75) is 71.6 Å². The number of anilines is 1. The lowest BCUT2D eigenvalue weighted by atomic mass is 10.0. The number of fused-ring (bicyclic) bond motifs is 2. The smallest absolute Gasteiger partial charge is 0.410 e. The third-order valence-electron chi connectivity index (χ3n) is 7.86. The predicted molar refractivity (Wildman–Crippen MR) is 165 cm³/mol. The maximum Gasteiger partial charge on any atom is 0.410 e. The Morgan fingerprint density at radius 2 is 1.86 bits per heavy atom. The minimum atomic E-state index is -0.599. The largest absolute Gasteiger partial charge is 0.444 e. The molecule has 2 aliphatic rings. The highest BCUT2D eigenvalue weighted by molar-refractivity contribution is 6.33. The topological polar surface area (TPSA) is 93.5 Å². The monoisotopic (exact) mass is 604 g/mol. The van der Waals surface area contributed by atoms with E-state index in [0.717, 1.165) is 17.7 Å². The molecule has 43 heavy (non-hydrogen) atoms. The molecule has 0 radical (unpaired) electrons. The highest BCUT2D eigenvalue weighted by Gasteiger charge is 2.52. The number of rotatable bonds is 4. The lowest BCUT2D eigenvalue weighted by Crippen LogP contribution is -2.50. The Labute approximate surface area is 254 Å². The van der Waals surface area contributed by atoms with E-state index < -0.39 is 17.1 Å². The first-order valence-corrected chi connectivity index (χ1v) is 14.8. The van der Waals surface area contributed by atoms with Crippen LogP contribution in [0.5, 0.6) is 0 Å². The van der Waals surface area contributed by atoms with E-state index in [4.69, 9.17) is 21.3 Å². The summed E-state index contributed by atoms with van der Waals surface area (Å²) in [5, 5.41) is 0.789. The standard InChI is InChI=1S/C32H34ClFN6O3/c1-17(2)25-27(18(3)11-12-35-25)40-29-20(15-21(33)26(36-29)19-9-7-8-10-22(19)34)28(37-30(40)41)38-13-14-39(24-16-23(24)38)31(42)43-32(4,5)6/h7-12,15,17,23-24H,13-14,16H2,1-6H3. The van der Waals surface area contributed by atoms with Gasteiger partial charge in [-0.25, -0.2) is 23.5 Å². The molecule has 1 saturated carbocycles. The van der Waals surface area contributed by atoms with Crippen LogP contribution in [0.2, 0.25) is 5.02 Å². The van der Waals surface area contributed by atoms with Crippen LogP contribution < -0.4 is 10.6 Å². The zero-order valence-electron chi connectivity index (χ0n) is 25.1. The molecule has 1 amide bonds. The molecular formula is C32H34ClFN6O3. The second-order valence-corrected chi connectivity index (χ2v) is 12.9. The fourth-order valence-electron chi connectivity index (χ4n) is 5.85. The molecule has 2 fully saturated rings. The van der Waals surface area contributed by atoms with Crippen molar-refractivity contribution in [1.82, 2.24) is 24.4 Å². The number of hydrogen-bond donors (Lipinski definition) is 0. The predicted octanol–water partition coefficient (Wildman–Crippen LogP) is 6.27. The summed E-state index contributed by atoms with van der Waals surface area (Å²) in [5.41, 5.74) is 1.78. The number of amides is 1. The van der Waals surface area contributed by atoms with Gasteiger partial charge in [0.15, 0.2) is 5.65 Å². The molecule has 0 N–H and O–H groups in total. The number of carbonyl (C=O) groups is 1. The van der Waals surface area contributed by atoms with E-state index in [1.54, 1.807) is 35.4 Å². The van der Waals surface area contributed by atoms with Crippen LogP contribution >= 0.6 is 11.6 Å². The molecule has 2 unspecified atom stereocenters. The molecule has 1 aliphatic heterocycles. The summed E-state index contributed by atoms with van der Waals surface area (Å²) < 4.78 is 22.1. The van der Waals surface area contributed by atoms with Crippen LogP contribution in [-0.2, 0) is 4.74 Å². The minimum absolute atomic E-state index is 0.00280. The van der Waals surface area contributed by atoms with Gasteiger partial charge in [0.05, 0.1) is 39.6 Å². The number of ether oxygens (including phenoxy) is 1. The van der Waals surface area contributed by atoms with Crippen molar-refractivity contribution in [2.75, 3.05) is 18.0 Å². The lowest BCUT2D eigenvalue weighted by Gasteiger charge is -2.36. The number of aryl methyl sites for hydroxylation is 1. The van der Waals surface area contributed by atoms with Crippen LogP contribution in [0.3, 0.4) is 0 Å². The van der Waals surface area contributed by atoms with Crippen molar-refractivity contribution in [3.8, 4) is 16.9 Å². The Morgan fingerprint density at radius 3 is 2.56 bits per heavy atom. The first-order chi connectivity index (χ1) is 20.4. The molecule has 4 heterocycles. The second kappa shape index (κ2) is 10.6. The Balaban J connectivity index is 1.54. The third kappa shape index (κ3) is 5.22. The molecule has 1 aliphatic carbocycles.